The fourth-order valence-electron chi connectivity index (χ4n) is 4.97. The van der Waals surface area contributed by atoms with E-state index >= 15 is 0 Å². The summed E-state index contributed by atoms with van der Waals surface area (Å²) < 4.78 is 70.2. The monoisotopic (exact) mass is 569 g/mol. The van der Waals surface area contributed by atoms with E-state index in [2.05, 4.69) is 25.8 Å². The number of nitrogens with one attached hydrogen (secondary N) is 3. The predicted octanol–water partition coefficient (Wildman–Crippen LogP) is 6.49. The molecule has 0 saturated heterocycles. The van der Waals surface area contributed by atoms with Gasteiger partial charge >= 0.3 is 6.18 Å². The Labute approximate surface area is 227 Å². The summed E-state index contributed by atoms with van der Waals surface area (Å²) in [6.45, 7) is 5.38. The maximum absolute atomic E-state index is 13.9. The number of aromatic nitrogens is 3. The molecule has 8 nitrogen and oxygen atoms in total. The first kappa shape index (κ1) is 29.5. The molecular weight excluding hydrogens is 537 g/mol. The summed E-state index contributed by atoms with van der Waals surface area (Å²) in [5, 5.41) is 9.42. The van der Waals surface area contributed by atoms with Gasteiger partial charge in [0.1, 0.15) is 17.7 Å². The minimum atomic E-state index is -4.42. The summed E-state index contributed by atoms with van der Waals surface area (Å²) in [4.78, 5) is 33.1. The second-order valence-corrected chi connectivity index (χ2v) is 10.7. The van der Waals surface area contributed by atoms with Crippen molar-refractivity contribution < 1.29 is 36.1 Å². The zero-order chi connectivity index (χ0) is 29.2. The van der Waals surface area contributed by atoms with Crippen molar-refractivity contribution in [1.29, 1.82) is 0 Å². The highest BCUT2D eigenvalue weighted by atomic mass is 19.4. The van der Waals surface area contributed by atoms with E-state index in [0.717, 1.165) is 0 Å². The molecule has 1 aromatic carbocycles. The number of hydrogen-bond donors (Lipinski definition) is 3. The summed E-state index contributed by atoms with van der Waals surface area (Å²) in [6, 6.07) is 3.83. The minimum Gasteiger partial charge on any atom is -0.364 e. The molecule has 40 heavy (non-hydrogen) atoms. The SMILES string of the molecule is CC(C)c1nocc1C(=O)N[C@H](c1nc2cc([C@@H](C)NC(=O)CCC(F)(F)F)ccc2[nH]1)C1CCC(F)(F)CC1. The molecule has 218 valence electrons. The highest BCUT2D eigenvalue weighted by Crippen LogP contribution is 2.41. The molecule has 4 rings (SSSR count). The summed E-state index contributed by atoms with van der Waals surface area (Å²) >= 11 is 0. The molecule has 2 atom stereocenters. The first-order valence-corrected chi connectivity index (χ1v) is 13.2. The molecule has 0 bridgehead atoms. The molecule has 1 fully saturated rings. The lowest BCUT2D eigenvalue weighted by atomic mass is 9.81. The molecule has 3 aromatic rings. The normalized spacial score (nSPS) is 17.6. The number of imidazole rings is 1. The summed E-state index contributed by atoms with van der Waals surface area (Å²) in [5.74, 6) is -3.93. The Morgan fingerprint density at radius 2 is 1.85 bits per heavy atom. The Balaban J connectivity index is 1.57. The number of fused-ring (bicyclic) bond motifs is 1. The molecule has 0 aliphatic heterocycles. The van der Waals surface area contributed by atoms with Crippen molar-refractivity contribution in [3.05, 3.63) is 47.1 Å². The lowest BCUT2D eigenvalue weighted by molar-refractivity contribution is -0.144. The van der Waals surface area contributed by atoms with Gasteiger partial charge in [-0.1, -0.05) is 25.1 Å². The van der Waals surface area contributed by atoms with Crippen LogP contribution in [0.1, 0.15) is 105 Å². The molecule has 1 aliphatic carbocycles. The Kier molecular flexibility index (Phi) is 8.50. The standard InChI is InChI=1S/C27H32F5N5O3/c1-14(2)22-18(13-40-37-22)25(39)36-23(16-6-9-26(28,29)10-7-16)24-34-19-5-4-17(12-20(19)35-24)15(3)33-21(38)8-11-27(30,31)32/h4-5,12-16,23H,6-11H2,1-3H3,(H,33,38)(H,34,35)(H,36,39)/t15-,23+/m1/s1. The van der Waals surface area contributed by atoms with Gasteiger partial charge in [-0.05, 0) is 49.3 Å². The molecule has 2 heterocycles. The van der Waals surface area contributed by atoms with Crippen molar-refractivity contribution in [3.8, 4) is 0 Å². The number of nitrogens with zero attached hydrogens (tertiary/aromatic N) is 2. The van der Waals surface area contributed by atoms with Crippen molar-refractivity contribution in [2.75, 3.05) is 0 Å². The number of amides is 2. The second-order valence-electron chi connectivity index (χ2n) is 10.7. The van der Waals surface area contributed by atoms with Gasteiger partial charge in [-0.2, -0.15) is 13.2 Å². The zero-order valence-corrected chi connectivity index (χ0v) is 22.4. The van der Waals surface area contributed by atoms with Crippen molar-refractivity contribution >= 4 is 22.8 Å². The molecule has 13 heteroatoms. The zero-order valence-electron chi connectivity index (χ0n) is 22.4. The van der Waals surface area contributed by atoms with E-state index in [0.29, 0.717) is 28.1 Å². The number of rotatable bonds is 9. The first-order valence-electron chi connectivity index (χ1n) is 13.2. The van der Waals surface area contributed by atoms with Gasteiger partial charge in [0.25, 0.3) is 5.91 Å². The van der Waals surface area contributed by atoms with Crippen LogP contribution in [0.5, 0.6) is 0 Å². The van der Waals surface area contributed by atoms with Gasteiger partial charge in [0.05, 0.1) is 35.2 Å². The summed E-state index contributed by atoms with van der Waals surface area (Å²) in [6.07, 6.45) is -5.28. The van der Waals surface area contributed by atoms with Crippen LogP contribution < -0.4 is 10.6 Å². The molecule has 2 amide bonds. The maximum Gasteiger partial charge on any atom is 0.389 e. The van der Waals surface area contributed by atoms with E-state index in [9.17, 15) is 31.5 Å². The van der Waals surface area contributed by atoms with Gasteiger partial charge in [-0.15, -0.1) is 0 Å². The van der Waals surface area contributed by atoms with Crippen molar-refractivity contribution in [3.63, 3.8) is 0 Å². The fraction of sp³-hybridized carbons (Fsp3) is 0.556. The average Bonchev–Trinajstić information content (AvgIpc) is 3.53. The van der Waals surface area contributed by atoms with Crippen molar-refractivity contribution in [2.24, 2.45) is 5.92 Å². The number of aromatic amines is 1. The Morgan fingerprint density at radius 1 is 1.15 bits per heavy atom. The van der Waals surface area contributed by atoms with Crippen LogP contribution in [0, 0.1) is 5.92 Å². The topological polar surface area (TPSA) is 113 Å². The largest absolute Gasteiger partial charge is 0.389 e. The average molecular weight is 570 g/mol. The molecule has 2 aromatic heterocycles. The lowest BCUT2D eigenvalue weighted by Crippen LogP contribution is -2.38. The van der Waals surface area contributed by atoms with Crippen LogP contribution in [0.25, 0.3) is 11.0 Å². The third kappa shape index (κ3) is 7.16. The number of carbonyl (C=O) groups is 2. The van der Waals surface area contributed by atoms with E-state index in [-0.39, 0.29) is 43.1 Å². The minimum absolute atomic E-state index is 0.0770. The van der Waals surface area contributed by atoms with E-state index in [4.69, 9.17) is 4.52 Å². The van der Waals surface area contributed by atoms with Crippen LogP contribution in [0.3, 0.4) is 0 Å². The summed E-state index contributed by atoms with van der Waals surface area (Å²) in [5.41, 5.74) is 2.47. The van der Waals surface area contributed by atoms with E-state index in [1.54, 1.807) is 25.1 Å². The van der Waals surface area contributed by atoms with Crippen molar-refractivity contribution in [2.45, 2.75) is 89.4 Å². The van der Waals surface area contributed by atoms with Gasteiger partial charge in [-0.25, -0.2) is 13.8 Å². The highest BCUT2D eigenvalue weighted by molar-refractivity contribution is 5.95. The number of H-pyrrole nitrogens is 1. The van der Waals surface area contributed by atoms with Gasteiger partial charge < -0.3 is 20.1 Å². The molecular formula is C27H32F5N5O3. The number of benzene rings is 1. The predicted molar refractivity (Wildman–Crippen MR) is 136 cm³/mol. The molecule has 1 saturated carbocycles. The molecule has 0 spiro atoms. The molecule has 3 N–H and O–H groups in total. The third-order valence-electron chi connectivity index (χ3n) is 7.24. The van der Waals surface area contributed by atoms with Crippen LogP contribution in [0.15, 0.2) is 29.0 Å². The quantitative estimate of drug-likeness (QED) is 0.255. The first-order chi connectivity index (χ1) is 18.7. The number of hydrogen-bond acceptors (Lipinski definition) is 5. The molecule has 1 aliphatic rings. The Hall–Kier alpha value is -3.51. The highest BCUT2D eigenvalue weighted by Gasteiger charge is 2.40. The van der Waals surface area contributed by atoms with Crippen LogP contribution >= 0.6 is 0 Å². The van der Waals surface area contributed by atoms with Crippen LogP contribution in [0.2, 0.25) is 0 Å². The van der Waals surface area contributed by atoms with Crippen LogP contribution in [-0.4, -0.2) is 39.0 Å². The lowest BCUT2D eigenvalue weighted by Gasteiger charge is -2.33. The third-order valence-corrected chi connectivity index (χ3v) is 7.24. The number of carbonyl (C=O) groups excluding carboxylic acids is 2. The smallest absolute Gasteiger partial charge is 0.364 e. The van der Waals surface area contributed by atoms with E-state index in [1.807, 2.05) is 13.8 Å². The Bertz CT molecular complexity index is 1340. The van der Waals surface area contributed by atoms with Gasteiger partial charge in [0.15, 0.2) is 0 Å². The fourth-order valence-corrected chi connectivity index (χ4v) is 4.97. The van der Waals surface area contributed by atoms with Gasteiger partial charge in [0.2, 0.25) is 11.8 Å². The second kappa shape index (κ2) is 11.5. The van der Waals surface area contributed by atoms with Gasteiger partial charge in [-0.3, -0.25) is 9.59 Å². The van der Waals surface area contributed by atoms with E-state index < -0.39 is 48.8 Å². The van der Waals surface area contributed by atoms with Gasteiger partial charge in [0, 0.05) is 19.3 Å². The van der Waals surface area contributed by atoms with Crippen LogP contribution in [-0.2, 0) is 4.79 Å². The van der Waals surface area contributed by atoms with Crippen molar-refractivity contribution in [1.82, 2.24) is 25.8 Å². The number of alkyl halides is 5. The van der Waals surface area contributed by atoms with E-state index in [1.165, 1.54) is 6.26 Å². The molecule has 0 radical (unpaired) electrons. The maximum atomic E-state index is 13.9. The summed E-state index contributed by atoms with van der Waals surface area (Å²) in [7, 11) is 0. The molecule has 0 unspecified atom stereocenters. The number of halogens is 5. The van der Waals surface area contributed by atoms with Crippen LogP contribution in [0.4, 0.5) is 22.0 Å². The Morgan fingerprint density at radius 3 is 2.50 bits per heavy atom.